The Kier molecular flexibility index (Phi) is 10.9. The van der Waals surface area contributed by atoms with Gasteiger partial charge in [-0.3, -0.25) is 9.59 Å². The van der Waals surface area contributed by atoms with Gasteiger partial charge in [0.25, 0.3) is 0 Å². The van der Waals surface area contributed by atoms with E-state index in [1.807, 2.05) is 0 Å². The molecule has 8 nitrogen and oxygen atoms in total. The number of amides is 2. The molecule has 0 aromatic heterocycles. The zero-order valence-electron chi connectivity index (χ0n) is 11.9. The number of hydrogen-bond acceptors (Lipinski definition) is 6. The molecule has 2 atom stereocenters. The first kappa shape index (κ1) is 18.8. The number of ether oxygens (including phenoxy) is 2. The van der Waals surface area contributed by atoms with Crippen LogP contribution in [-0.2, 0) is 19.1 Å². The number of aliphatic hydroxyl groups excluding tert-OH is 2. The van der Waals surface area contributed by atoms with Crippen LogP contribution in [0.15, 0.2) is 0 Å². The molecule has 0 saturated carbocycles. The Morgan fingerprint density at radius 1 is 0.850 bits per heavy atom. The maximum absolute atomic E-state index is 11.0. The summed E-state index contributed by atoms with van der Waals surface area (Å²) in [5, 5.41) is 22.8. The third kappa shape index (κ3) is 10.7. The Labute approximate surface area is 118 Å². The summed E-state index contributed by atoms with van der Waals surface area (Å²) in [5.41, 5.74) is 0. The van der Waals surface area contributed by atoms with Crippen LogP contribution in [0.1, 0.15) is 13.8 Å². The highest BCUT2D eigenvalue weighted by Gasteiger charge is 2.07. The van der Waals surface area contributed by atoms with Gasteiger partial charge in [-0.1, -0.05) is 0 Å². The van der Waals surface area contributed by atoms with Gasteiger partial charge in [0.15, 0.2) is 0 Å². The van der Waals surface area contributed by atoms with Crippen molar-refractivity contribution >= 4 is 11.8 Å². The molecule has 0 unspecified atom stereocenters. The van der Waals surface area contributed by atoms with Gasteiger partial charge < -0.3 is 30.3 Å². The summed E-state index contributed by atoms with van der Waals surface area (Å²) in [5.74, 6) is -0.864. The van der Waals surface area contributed by atoms with Gasteiger partial charge in [0.2, 0.25) is 11.8 Å². The van der Waals surface area contributed by atoms with Gasteiger partial charge in [0.1, 0.15) is 12.2 Å². The lowest BCUT2D eigenvalue weighted by atomic mass is 10.4. The van der Waals surface area contributed by atoms with E-state index in [0.717, 1.165) is 0 Å². The number of nitrogens with one attached hydrogen (secondary N) is 2. The lowest BCUT2D eigenvalue weighted by molar-refractivity contribution is -0.129. The van der Waals surface area contributed by atoms with Crippen molar-refractivity contribution in [3.63, 3.8) is 0 Å². The van der Waals surface area contributed by atoms with Crippen LogP contribution in [0.2, 0.25) is 0 Å². The zero-order chi connectivity index (χ0) is 15.4. The number of aliphatic hydroxyl groups is 2. The molecule has 0 aliphatic rings. The van der Waals surface area contributed by atoms with Crippen LogP contribution in [0.5, 0.6) is 0 Å². The van der Waals surface area contributed by atoms with E-state index in [1.54, 1.807) is 0 Å². The van der Waals surface area contributed by atoms with Gasteiger partial charge in [-0.2, -0.15) is 0 Å². The Bertz CT molecular complexity index is 255. The van der Waals surface area contributed by atoms with Crippen molar-refractivity contribution in [3.8, 4) is 0 Å². The normalized spacial score (nSPS) is 13.6. The standard InChI is InChI=1S/C12H24N2O6/c1-9(15)11(17)13-3-5-19-7-8-20-6-4-14-12(18)10(2)16/h9-10,15-16H,3-8H2,1-2H3,(H,13,17)(H,14,18)/t9-,10-/m0/s1. The highest BCUT2D eigenvalue weighted by Crippen LogP contribution is 1.82. The molecule has 0 heterocycles. The summed E-state index contributed by atoms with van der Waals surface area (Å²) in [6.45, 7) is 4.84. The van der Waals surface area contributed by atoms with Crippen molar-refractivity contribution in [2.45, 2.75) is 26.1 Å². The number of carbonyl (C=O) groups excluding carboxylic acids is 2. The van der Waals surface area contributed by atoms with Crippen molar-refractivity contribution < 1.29 is 29.3 Å². The highest BCUT2D eigenvalue weighted by molar-refractivity contribution is 5.80. The lowest BCUT2D eigenvalue weighted by Crippen LogP contribution is -2.35. The van der Waals surface area contributed by atoms with Crippen molar-refractivity contribution in [3.05, 3.63) is 0 Å². The molecule has 0 aromatic rings. The molecule has 118 valence electrons. The van der Waals surface area contributed by atoms with E-state index in [4.69, 9.17) is 19.7 Å². The van der Waals surface area contributed by atoms with Crippen LogP contribution in [0, 0.1) is 0 Å². The summed E-state index contributed by atoms with van der Waals surface area (Å²) in [7, 11) is 0. The maximum Gasteiger partial charge on any atom is 0.248 e. The van der Waals surface area contributed by atoms with Gasteiger partial charge in [-0.25, -0.2) is 0 Å². The molecular formula is C12H24N2O6. The predicted octanol–water partition coefficient (Wildman–Crippen LogP) is -1.99. The third-order valence-electron chi connectivity index (χ3n) is 2.22. The molecule has 0 saturated heterocycles. The summed E-state index contributed by atoms with van der Waals surface area (Å²) >= 11 is 0. The van der Waals surface area contributed by atoms with E-state index in [0.29, 0.717) is 39.5 Å². The molecule has 0 aromatic carbocycles. The summed E-state index contributed by atoms with van der Waals surface area (Å²) in [6, 6.07) is 0. The van der Waals surface area contributed by atoms with E-state index in [1.165, 1.54) is 13.8 Å². The summed E-state index contributed by atoms with van der Waals surface area (Å²) < 4.78 is 10.4. The van der Waals surface area contributed by atoms with Gasteiger partial charge in [-0.05, 0) is 13.8 Å². The van der Waals surface area contributed by atoms with Crippen LogP contribution >= 0.6 is 0 Å². The minimum atomic E-state index is -1.02. The molecule has 0 radical (unpaired) electrons. The molecule has 2 amide bonds. The smallest absolute Gasteiger partial charge is 0.248 e. The van der Waals surface area contributed by atoms with Crippen molar-refractivity contribution in [1.82, 2.24) is 10.6 Å². The average molecular weight is 292 g/mol. The second-order valence-corrected chi connectivity index (χ2v) is 4.16. The molecule has 0 aliphatic carbocycles. The van der Waals surface area contributed by atoms with Crippen LogP contribution in [-0.4, -0.2) is 73.8 Å². The molecule has 20 heavy (non-hydrogen) atoms. The highest BCUT2D eigenvalue weighted by atomic mass is 16.5. The first-order chi connectivity index (χ1) is 9.45. The second-order valence-electron chi connectivity index (χ2n) is 4.16. The van der Waals surface area contributed by atoms with E-state index < -0.39 is 24.0 Å². The molecule has 0 fully saturated rings. The van der Waals surface area contributed by atoms with Crippen molar-refractivity contribution in [1.29, 1.82) is 0 Å². The lowest BCUT2D eigenvalue weighted by Gasteiger charge is -2.09. The first-order valence-electron chi connectivity index (χ1n) is 6.52. The van der Waals surface area contributed by atoms with Gasteiger partial charge in [-0.15, -0.1) is 0 Å². The third-order valence-corrected chi connectivity index (χ3v) is 2.22. The molecule has 4 N–H and O–H groups in total. The molecular weight excluding hydrogens is 268 g/mol. The van der Waals surface area contributed by atoms with Gasteiger partial charge in [0.05, 0.1) is 26.4 Å². The van der Waals surface area contributed by atoms with Crippen LogP contribution < -0.4 is 10.6 Å². The summed E-state index contributed by atoms with van der Waals surface area (Å²) in [6.07, 6.45) is -2.04. The molecule has 0 spiro atoms. The Balaban J connectivity index is 3.21. The Morgan fingerprint density at radius 2 is 1.20 bits per heavy atom. The quantitative estimate of drug-likeness (QED) is 0.328. The fourth-order valence-corrected chi connectivity index (χ4v) is 1.11. The zero-order valence-corrected chi connectivity index (χ0v) is 11.9. The number of hydrogen-bond donors (Lipinski definition) is 4. The monoisotopic (exact) mass is 292 g/mol. The predicted molar refractivity (Wildman–Crippen MR) is 71.0 cm³/mol. The minimum Gasteiger partial charge on any atom is -0.384 e. The van der Waals surface area contributed by atoms with Gasteiger partial charge in [0, 0.05) is 13.1 Å². The maximum atomic E-state index is 11.0. The largest absolute Gasteiger partial charge is 0.384 e. The molecule has 8 heteroatoms. The van der Waals surface area contributed by atoms with Crippen molar-refractivity contribution in [2.24, 2.45) is 0 Å². The van der Waals surface area contributed by atoms with Crippen LogP contribution in [0.4, 0.5) is 0 Å². The molecule has 0 bridgehead atoms. The van der Waals surface area contributed by atoms with Crippen molar-refractivity contribution in [2.75, 3.05) is 39.5 Å². The molecule has 0 aliphatic heterocycles. The Hall–Kier alpha value is -1.22. The van der Waals surface area contributed by atoms with E-state index >= 15 is 0 Å². The van der Waals surface area contributed by atoms with Crippen LogP contribution in [0.3, 0.4) is 0 Å². The van der Waals surface area contributed by atoms with E-state index in [2.05, 4.69) is 10.6 Å². The topological polar surface area (TPSA) is 117 Å². The average Bonchev–Trinajstić information content (AvgIpc) is 2.39. The molecule has 0 rings (SSSR count). The second kappa shape index (κ2) is 11.6. The fraction of sp³-hybridized carbons (Fsp3) is 0.833. The van der Waals surface area contributed by atoms with E-state index in [9.17, 15) is 9.59 Å². The minimum absolute atomic E-state index is 0.328. The number of rotatable bonds is 11. The van der Waals surface area contributed by atoms with Gasteiger partial charge >= 0.3 is 0 Å². The first-order valence-corrected chi connectivity index (χ1v) is 6.52. The van der Waals surface area contributed by atoms with E-state index in [-0.39, 0.29) is 0 Å². The Morgan fingerprint density at radius 3 is 1.50 bits per heavy atom. The SMILES string of the molecule is C[C@H](O)C(=O)NCCOCCOCCNC(=O)[C@H](C)O. The van der Waals surface area contributed by atoms with Crippen LogP contribution in [0.25, 0.3) is 0 Å². The fourth-order valence-electron chi connectivity index (χ4n) is 1.11. The number of carbonyl (C=O) groups is 2. The summed E-state index contributed by atoms with van der Waals surface area (Å²) in [4.78, 5) is 21.9.